The van der Waals surface area contributed by atoms with E-state index in [9.17, 15) is 9.59 Å². The van der Waals surface area contributed by atoms with Gasteiger partial charge in [-0.05, 0) is 31.2 Å². The second-order valence-electron chi connectivity index (χ2n) is 7.30. The number of aromatic nitrogens is 5. The predicted molar refractivity (Wildman–Crippen MR) is 130 cm³/mol. The van der Waals surface area contributed by atoms with Gasteiger partial charge < -0.3 is 5.32 Å². The lowest BCUT2D eigenvalue weighted by atomic mass is 10.2. The van der Waals surface area contributed by atoms with Gasteiger partial charge in [0.1, 0.15) is 21.7 Å². The third kappa shape index (κ3) is 4.43. The molecule has 8 nitrogen and oxygen atoms in total. The molecule has 0 aliphatic heterocycles. The molecule has 0 saturated heterocycles. The highest BCUT2D eigenvalue weighted by atomic mass is 32.1. The highest BCUT2D eigenvalue weighted by molar-refractivity contribution is 7.18. The van der Waals surface area contributed by atoms with Crippen molar-refractivity contribution in [1.29, 1.82) is 0 Å². The number of hydrogen-bond donors (Lipinski definition) is 1. The number of benzene rings is 2. The van der Waals surface area contributed by atoms with Gasteiger partial charge in [0, 0.05) is 23.7 Å². The van der Waals surface area contributed by atoms with Crippen LogP contribution in [0, 0.1) is 6.92 Å². The minimum absolute atomic E-state index is 0.228. The first-order valence-corrected chi connectivity index (χ1v) is 11.7. The number of thiazole rings is 1. The van der Waals surface area contributed by atoms with Gasteiger partial charge in [-0.2, -0.15) is 13.8 Å². The Hall–Kier alpha value is -3.76. The SMILES string of the molecule is Cc1nc(-c2ccccc2)sc1-c1ccc(=O)n(CCNC(=O)c2ccc3nsnc3c2)n1. The Morgan fingerprint density at radius 3 is 2.70 bits per heavy atom. The van der Waals surface area contributed by atoms with Crippen molar-refractivity contribution in [3.63, 3.8) is 0 Å². The number of hydrogen-bond acceptors (Lipinski definition) is 8. The van der Waals surface area contributed by atoms with Gasteiger partial charge in [0.15, 0.2) is 0 Å². The maximum absolute atomic E-state index is 12.5. The van der Waals surface area contributed by atoms with Crippen LogP contribution < -0.4 is 10.9 Å². The fourth-order valence-corrected chi connectivity index (χ4v) is 4.92. The van der Waals surface area contributed by atoms with Crippen molar-refractivity contribution >= 4 is 40.0 Å². The maximum atomic E-state index is 12.5. The second-order valence-corrected chi connectivity index (χ2v) is 8.83. The van der Waals surface area contributed by atoms with Crippen molar-refractivity contribution in [2.24, 2.45) is 0 Å². The Morgan fingerprint density at radius 2 is 1.85 bits per heavy atom. The monoisotopic (exact) mass is 474 g/mol. The molecule has 3 aromatic heterocycles. The van der Waals surface area contributed by atoms with Gasteiger partial charge in [-0.25, -0.2) is 9.67 Å². The molecule has 0 unspecified atom stereocenters. The summed E-state index contributed by atoms with van der Waals surface area (Å²) in [5, 5.41) is 8.26. The zero-order valence-electron chi connectivity index (χ0n) is 17.6. The Kier molecular flexibility index (Phi) is 5.76. The number of carbonyl (C=O) groups is 1. The normalized spacial score (nSPS) is 11.1. The van der Waals surface area contributed by atoms with E-state index in [1.807, 2.05) is 37.3 Å². The quantitative estimate of drug-likeness (QED) is 0.402. The Labute approximate surface area is 196 Å². The van der Waals surface area contributed by atoms with E-state index in [-0.39, 0.29) is 24.6 Å². The topological polar surface area (TPSA) is 103 Å². The van der Waals surface area contributed by atoms with Gasteiger partial charge in [0.25, 0.3) is 11.5 Å². The van der Waals surface area contributed by atoms with E-state index in [0.29, 0.717) is 16.8 Å². The third-order valence-electron chi connectivity index (χ3n) is 5.04. The van der Waals surface area contributed by atoms with Crippen LogP contribution in [-0.2, 0) is 6.54 Å². The summed E-state index contributed by atoms with van der Waals surface area (Å²) in [7, 11) is 0. The van der Waals surface area contributed by atoms with Crippen LogP contribution in [0.5, 0.6) is 0 Å². The van der Waals surface area contributed by atoms with Crippen molar-refractivity contribution < 1.29 is 4.79 Å². The molecule has 2 aromatic carbocycles. The van der Waals surface area contributed by atoms with Crippen LogP contribution in [0.1, 0.15) is 16.1 Å². The van der Waals surface area contributed by atoms with Crippen LogP contribution in [-0.4, -0.2) is 36.0 Å². The van der Waals surface area contributed by atoms with Crippen LogP contribution >= 0.6 is 23.1 Å². The lowest BCUT2D eigenvalue weighted by Crippen LogP contribution is -2.31. The van der Waals surface area contributed by atoms with E-state index in [1.54, 1.807) is 24.3 Å². The average molecular weight is 475 g/mol. The number of nitrogens with zero attached hydrogens (tertiary/aromatic N) is 5. The number of rotatable bonds is 6. The van der Waals surface area contributed by atoms with Crippen LogP contribution in [0.25, 0.3) is 32.2 Å². The van der Waals surface area contributed by atoms with E-state index < -0.39 is 0 Å². The molecule has 0 radical (unpaired) electrons. The molecule has 0 aliphatic carbocycles. The third-order valence-corrected chi connectivity index (χ3v) is 6.83. The number of fused-ring (bicyclic) bond motifs is 1. The minimum Gasteiger partial charge on any atom is -0.350 e. The largest absolute Gasteiger partial charge is 0.350 e. The van der Waals surface area contributed by atoms with Crippen LogP contribution in [0.4, 0.5) is 0 Å². The lowest BCUT2D eigenvalue weighted by Gasteiger charge is -2.08. The standard InChI is InChI=1S/C23H18N6O2S2/c1-14-21(32-23(25-14)15-5-3-2-4-6-15)18-9-10-20(30)29(26-18)12-11-24-22(31)16-7-8-17-19(13-16)28-33-27-17/h2-10,13H,11-12H2,1H3,(H,24,31). The van der Waals surface area contributed by atoms with Crippen LogP contribution in [0.15, 0.2) is 65.5 Å². The van der Waals surface area contributed by atoms with Crippen molar-refractivity contribution in [3.05, 3.63) is 82.3 Å². The van der Waals surface area contributed by atoms with E-state index in [1.165, 1.54) is 22.1 Å². The predicted octanol–water partition coefficient (Wildman–Crippen LogP) is 3.78. The van der Waals surface area contributed by atoms with Crippen molar-refractivity contribution in [1.82, 2.24) is 28.8 Å². The van der Waals surface area contributed by atoms with Crippen molar-refractivity contribution in [2.45, 2.75) is 13.5 Å². The van der Waals surface area contributed by atoms with E-state index in [0.717, 1.165) is 38.4 Å². The van der Waals surface area contributed by atoms with Crippen LogP contribution in [0.2, 0.25) is 0 Å². The number of amides is 1. The molecule has 33 heavy (non-hydrogen) atoms. The first kappa shape index (κ1) is 21.1. The summed E-state index contributed by atoms with van der Waals surface area (Å²) < 4.78 is 9.66. The molecule has 0 saturated carbocycles. The molecule has 0 atom stereocenters. The molecule has 1 amide bonds. The average Bonchev–Trinajstić information content (AvgIpc) is 3.47. The summed E-state index contributed by atoms with van der Waals surface area (Å²) in [6.45, 7) is 2.45. The number of aryl methyl sites for hydroxylation is 1. The number of nitrogens with one attached hydrogen (secondary N) is 1. The minimum atomic E-state index is -0.236. The molecule has 0 bridgehead atoms. The molecular weight excluding hydrogens is 456 g/mol. The van der Waals surface area contributed by atoms with Gasteiger partial charge >= 0.3 is 0 Å². The molecule has 5 aromatic rings. The molecule has 0 fully saturated rings. The molecule has 0 spiro atoms. The molecule has 164 valence electrons. The summed E-state index contributed by atoms with van der Waals surface area (Å²) in [5.41, 5.74) is 4.30. The van der Waals surface area contributed by atoms with Gasteiger partial charge in [0.2, 0.25) is 0 Å². The Morgan fingerprint density at radius 1 is 1.03 bits per heavy atom. The van der Waals surface area contributed by atoms with Gasteiger partial charge in [0.05, 0.1) is 28.8 Å². The fourth-order valence-electron chi connectivity index (χ4n) is 3.37. The smallest absolute Gasteiger partial charge is 0.266 e. The summed E-state index contributed by atoms with van der Waals surface area (Å²) in [4.78, 5) is 30.4. The van der Waals surface area contributed by atoms with Gasteiger partial charge in [-0.15, -0.1) is 11.3 Å². The molecular formula is C23H18N6O2S2. The first-order chi connectivity index (χ1) is 16.1. The zero-order valence-corrected chi connectivity index (χ0v) is 19.2. The highest BCUT2D eigenvalue weighted by Crippen LogP contribution is 2.33. The van der Waals surface area contributed by atoms with E-state index in [4.69, 9.17) is 0 Å². The number of carbonyl (C=O) groups excluding carboxylic acids is 1. The molecule has 0 aliphatic rings. The molecule has 3 heterocycles. The lowest BCUT2D eigenvalue weighted by molar-refractivity contribution is 0.0952. The zero-order chi connectivity index (χ0) is 22.8. The molecule has 10 heteroatoms. The highest BCUT2D eigenvalue weighted by Gasteiger charge is 2.14. The van der Waals surface area contributed by atoms with E-state index >= 15 is 0 Å². The second kappa shape index (κ2) is 9.00. The molecule has 5 rings (SSSR count). The van der Waals surface area contributed by atoms with Crippen molar-refractivity contribution in [2.75, 3.05) is 6.54 Å². The summed E-state index contributed by atoms with van der Waals surface area (Å²) in [5.74, 6) is -0.236. The Bertz CT molecular complexity index is 1510. The fraction of sp³-hybridized carbons (Fsp3) is 0.130. The Balaban J connectivity index is 1.30. The molecule has 1 N–H and O–H groups in total. The first-order valence-electron chi connectivity index (χ1n) is 10.2. The summed E-state index contributed by atoms with van der Waals surface area (Å²) in [6.07, 6.45) is 0. The summed E-state index contributed by atoms with van der Waals surface area (Å²) in [6, 6.07) is 18.3. The van der Waals surface area contributed by atoms with E-state index in [2.05, 4.69) is 24.1 Å². The van der Waals surface area contributed by atoms with Gasteiger partial charge in [-0.3, -0.25) is 9.59 Å². The van der Waals surface area contributed by atoms with Gasteiger partial charge in [-0.1, -0.05) is 30.3 Å². The van der Waals surface area contributed by atoms with Crippen molar-refractivity contribution in [3.8, 4) is 21.1 Å². The maximum Gasteiger partial charge on any atom is 0.266 e. The summed E-state index contributed by atoms with van der Waals surface area (Å²) >= 11 is 2.65. The van der Waals surface area contributed by atoms with Crippen LogP contribution in [0.3, 0.4) is 0 Å².